The van der Waals surface area contributed by atoms with Crippen molar-refractivity contribution in [3.05, 3.63) is 65.7 Å². The number of benzene rings is 2. The number of ketones is 1. The quantitative estimate of drug-likeness (QED) is 0.625. The molecule has 0 N–H and O–H groups in total. The summed E-state index contributed by atoms with van der Waals surface area (Å²) in [7, 11) is 0. The standard InChI is InChI=1S/C15H12FNO2/c1-11(18)17(16)14-10-6-5-9-13(14)15(19)12-7-3-2-4-8-12/h2-10H,1H3. The van der Waals surface area contributed by atoms with Gasteiger partial charge in [0.15, 0.2) is 5.78 Å². The lowest BCUT2D eigenvalue weighted by molar-refractivity contribution is -0.119. The van der Waals surface area contributed by atoms with Crippen molar-refractivity contribution in [1.82, 2.24) is 0 Å². The number of amides is 1. The summed E-state index contributed by atoms with van der Waals surface area (Å²) in [6.45, 7) is 1.10. The van der Waals surface area contributed by atoms with Gasteiger partial charge < -0.3 is 0 Å². The van der Waals surface area contributed by atoms with Crippen LogP contribution in [0.1, 0.15) is 22.8 Å². The van der Waals surface area contributed by atoms with Crippen LogP contribution in [0.3, 0.4) is 0 Å². The molecular formula is C15H12FNO2. The fraction of sp³-hybridized carbons (Fsp3) is 0.0667. The normalized spacial score (nSPS) is 10.0. The van der Waals surface area contributed by atoms with Crippen molar-refractivity contribution in [3.8, 4) is 0 Å². The number of carbonyl (C=O) groups excluding carboxylic acids is 2. The Morgan fingerprint density at radius 1 is 0.947 bits per heavy atom. The molecule has 19 heavy (non-hydrogen) atoms. The van der Waals surface area contributed by atoms with Gasteiger partial charge in [0.25, 0.3) is 5.91 Å². The predicted octanol–water partition coefficient (Wildman–Crippen LogP) is 3.16. The van der Waals surface area contributed by atoms with Crippen LogP contribution in [0.2, 0.25) is 0 Å². The van der Waals surface area contributed by atoms with Gasteiger partial charge in [-0.25, -0.2) is 0 Å². The molecule has 0 aliphatic carbocycles. The molecule has 0 aromatic heterocycles. The maximum atomic E-state index is 13.7. The Bertz CT molecular complexity index is 611. The lowest BCUT2D eigenvalue weighted by Crippen LogP contribution is -2.20. The zero-order valence-corrected chi connectivity index (χ0v) is 10.3. The number of rotatable bonds is 3. The van der Waals surface area contributed by atoms with Crippen LogP contribution in [0.4, 0.5) is 10.2 Å². The van der Waals surface area contributed by atoms with E-state index in [1.165, 1.54) is 12.1 Å². The van der Waals surface area contributed by atoms with E-state index < -0.39 is 5.91 Å². The monoisotopic (exact) mass is 257 g/mol. The molecule has 0 bridgehead atoms. The van der Waals surface area contributed by atoms with E-state index in [1.54, 1.807) is 42.5 Å². The van der Waals surface area contributed by atoms with E-state index in [0.29, 0.717) is 5.56 Å². The molecule has 1 amide bonds. The third kappa shape index (κ3) is 2.68. The smallest absolute Gasteiger partial charge is 0.251 e. The molecule has 0 radical (unpaired) electrons. The number of anilines is 1. The molecule has 0 fully saturated rings. The summed E-state index contributed by atoms with van der Waals surface area (Å²) in [5.41, 5.74) is 0.571. The molecule has 0 saturated heterocycles. The van der Waals surface area contributed by atoms with Gasteiger partial charge in [0.1, 0.15) is 0 Å². The van der Waals surface area contributed by atoms with Gasteiger partial charge in [-0.05, 0) is 12.1 Å². The van der Waals surface area contributed by atoms with Crippen molar-refractivity contribution < 1.29 is 14.1 Å². The second kappa shape index (κ2) is 5.44. The van der Waals surface area contributed by atoms with Gasteiger partial charge in [-0.2, -0.15) is 0 Å². The SMILES string of the molecule is CC(=O)N(F)c1ccccc1C(=O)c1ccccc1. The van der Waals surface area contributed by atoms with Crippen LogP contribution in [0.25, 0.3) is 0 Å². The third-order valence-electron chi connectivity index (χ3n) is 2.67. The van der Waals surface area contributed by atoms with Crippen molar-refractivity contribution in [2.45, 2.75) is 6.92 Å². The van der Waals surface area contributed by atoms with Crippen LogP contribution in [-0.4, -0.2) is 11.7 Å². The van der Waals surface area contributed by atoms with Crippen LogP contribution < -0.4 is 5.12 Å². The van der Waals surface area contributed by atoms with Gasteiger partial charge in [-0.15, -0.1) is 5.12 Å². The maximum Gasteiger partial charge on any atom is 0.251 e. The van der Waals surface area contributed by atoms with Crippen molar-refractivity contribution in [3.63, 3.8) is 0 Å². The van der Waals surface area contributed by atoms with Gasteiger partial charge in [0, 0.05) is 18.1 Å². The Balaban J connectivity index is 2.46. The molecule has 0 unspecified atom stereocenters. The third-order valence-corrected chi connectivity index (χ3v) is 2.67. The molecule has 2 rings (SSSR count). The van der Waals surface area contributed by atoms with Crippen molar-refractivity contribution in [2.24, 2.45) is 0 Å². The highest BCUT2D eigenvalue weighted by Crippen LogP contribution is 2.23. The highest BCUT2D eigenvalue weighted by atomic mass is 19.2. The lowest BCUT2D eigenvalue weighted by Gasteiger charge is -2.13. The Morgan fingerprint density at radius 2 is 1.53 bits per heavy atom. The van der Waals surface area contributed by atoms with E-state index in [1.807, 2.05) is 0 Å². The Morgan fingerprint density at radius 3 is 2.16 bits per heavy atom. The Hall–Kier alpha value is -2.49. The fourth-order valence-electron chi connectivity index (χ4n) is 1.75. The van der Waals surface area contributed by atoms with E-state index in [4.69, 9.17) is 0 Å². The molecule has 0 saturated carbocycles. The Kier molecular flexibility index (Phi) is 3.71. The zero-order valence-electron chi connectivity index (χ0n) is 10.3. The summed E-state index contributed by atoms with van der Waals surface area (Å²) in [5.74, 6) is -1.09. The molecule has 2 aromatic rings. The van der Waals surface area contributed by atoms with E-state index in [2.05, 4.69) is 0 Å². The summed E-state index contributed by atoms with van der Waals surface area (Å²) in [5, 5.41) is -0.0177. The van der Waals surface area contributed by atoms with Crippen LogP contribution in [-0.2, 0) is 4.79 Å². The highest BCUT2D eigenvalue weighted by Gasteiger charge is 2.19. The number of hydrogen-bond acceptors (Lipinski definition) is 2. The Labute approximate surface area is 110 Å². The van der Waals surface area contributed by atoms with Gasteiger partial charge in [-0.1, -0.05) is 46.9 Å². The number of carbonyl (C=O) groups is 2. The summed E-state index contributed by atoms with van der Waals surface area (Å²) >= 11 is 0. The van der Waals surface area contributed by atoms with Crippen molar-refractivity contribution in [1.29, 1.82) is 0 Å². The molecule has 0 atom stereocenters. The number of nitrogens with zero attached hydrogens (tertiary/aromatic N) is 1. The maximum absolute atomic E-state index is 13.7. The average Bonchev–Trinajstić information content (AvgIpc) is 2.46. The van der Waals surface area contributed by atoms with Crippen LogP contribution >= 0.6 is 0 Å². The molecule has 0 aliphatic rings. The van der Waals surface area contributed by atoms with Crippen LogP contribution in [0, 0.1) is 0 Å². The minimum Gasteiger partial charge on any atom is -0.289 e. The average molecular weight is 257 g/mol. The topological polar surface area (TPSA) is 37.4 Å². The second-order valence-corrected chi connectivity index (χ2v) is 4.01. The van der Waals surface area contributed by atoms with Gasteiger partial charge >= 0.3 is 0 Å². The first-order chi connectivity index (χ1) is 9.11. The van der Waals surface area contributed by atoms with E-state index in [-0.39, 0.29) is 22.2 Å². The fourth-order valence-corrected chi connectivity index (χ4v) is 1.75. The number of para-hydroxylation sites is 1. The summed E-state index contributed by atoms with van der Waals surface area (Å²) < 4.78 is 13.7. The molecule has 96 valence electrons. The van der Waals surface area contributed by atoms with E-state index in [9.17, 15) is 14.1 Å². The van der Waals surface area contributed by atoms with Crippen LogP contribution in [0.5, 0.6) is 0 Å². The van der Waals surface area contributed by atoms with Crippen molar-refractivity contribution in [2.75, 3.05) is 5.12 Å². The number of halogens is 1. The molecular weight excluding hydrogens is 245 g/mol. The minimum absolute atomic E-state index is 0.0177. The summed E-state index contributed by atoms with van der Waals surface area (Å²) in [6.07, 6.45) is 0. The summed E-state index contributed by atoms with van der Waals surface area (Å²) in [4.78, 5) is 23.4. The molecule has 0 spiro atoms. The van der Waals surface area contributed by atoms with Gasteiger partial charge in [0.2, 0.25) is 0 Å². The van der Waals surface area contributed by atoms with E-state index in [0.717, 1.165) is 6.92 Å². The first-order valence-corrected chi connectivity index (χ1v) is 5.76. The number of hydrogen-bond donors (Lipinski definition) is 0. The first-order valence-electron chi connectivity index (χ1n) is 5.76. The summed E-state index contributed by atoms with van der Waals surface area (Å²) in [6, 6.07) is 14.7. The molecule has 0 aliphatic heterocycles. The highest BCUT2D eigenvalue weighted by molar-refractivity contribution is 6.13. The zero-order chi connectivity index (χ0) is 13.8. The first kappa shape index (κ1) is 13.0. The molecule has 2 aromatic carbocycles. The largest absolute Gasteiger partial charge is 0.289 e. The lowest BCUT2D eigenvalue weighted by atomic mass is 10.0. The van der Waals surface area contributed by atoms with E-state index >= 15 is 0 Å². The second-order valence-electron chi connectivity index (χ2n) is 4.01. The van der Waals surface area contributed by atoms with Gasteiger partial charge in [0.05, 0.1) is 5.69 Å². The minimum atomic E-state index is -0.770. The van der Waals surface area contributed by atoms with Crippen LogP contribution in [0.15, 0.2) is 54.6 Å². The molecule has 4 heteroatoms. The predicted molar refractivity (Wildman–Crippen MR) is 70.6 cm³/mol. The van der Waals surface area contributed by atoms with Gasteiger partial charge in [-0.3, -0.25) is 9.59 Å². The molecule has 3 nitrogen and oxygen atoms in total. The molecule has 0 heterocycles. The van der Waals surface area contributed by atoms with Crippen molar-refractivity contribution >= 4 is 17.4 Å².